The van der Waals surface area contributed by atoms with Gasteiger partial charge in [-0.1, -0.05) is 0 Å². The van der Waals surface area contributed by atoms with Crippen LogP contribution in [0.1, 0.15) is 36.2 Å². The average Bonchev–Trinajstić information content (AvgIpc) is 3.06. The highest BCUT2D eigenvalue weighted by Crippen LogP contribution is 2.18. The predicted molar refractivity (Wildman–Crippen MR) is 86.0 cm³/mol. The largest absolute Gasteiger partial charge is 0.370 e. The molecule has 0 atom stereocenters. The fourth-order valence-electron chi connectivity index (χ4n) is 3.00. The van der Waals surface area contributed by atoms with Crippen molar-refractivity contribution in [2.45, 2.75) is 40.0 Å². The molecule has 0 aliphatic carbocycles. The Kier molecular flexibility index (Phi) is 4.10. The third-order valence-corrected chi connectivity index (χ3v) is 4.34. The fourth-order valence-corrected chi connectivity index (χ4v) is 3.00. The lowest BCUT2D eigenvalue weighted by Gasteiger charge is -2.15. The van der Waals surface area contributed by atoms with Crippen LogP contribution in [0.25, 0.3) is 5.65 Å². The highest BCUT2D eigenvalue weighted by Gasteiger charge is 2.12. The highest BCUT2D eigenvalue weighted by molar-refractivity contribution is 5.55. The molecular weight excluding hydrogens is 262 g/mol. The number of rotatable bonds is 5. The van der Waals surface area contributed by atoms with E-state index in [0.29, 0.717) is 0 Å². The average molecular weight is 287 g/mol. The van der Waals surface area contributed by atoms with E-state index in [1.807, 2.05) is 18.4 Å². The van der Waals surface area contributed by atoms with Crippen LogP contribution >= 0.6 is 0 Å². The summed E-state index contributed by atoms with van der Waals surface area (Å²) in [5.74, 6) is 1.05. The monoisotopic (exact) mass is 287 g/mol. The molecule has 0 saturated carbocycles. The van der Waals surface area contributed by atoms with Crippen LogP contribution in [0.2, 0.25) is 0 Å². The van der Waals surface area contributed by atoms with Crippen molar-refractivity contribution in [1.82, 2.24) is 19.5 Å². The molecule has 0 spiro atoms. The van der Waals surface area contributed by atoms with Crippen molar-refractivity contribution in [3.8, 4) is 0 Å². The summed E-state index contributed by atoms with van der Waals surface area (Å²) in [4.78, 5) is 7.15. The van der Waals surface area contributed by atoms with Gasteiger partial charge in [0.15, 0.2) is 5.65 Å². The van der Waals surface area contributed by atoms with E-state index in [1.54, 1.807) is 0 Å². The van der Waals surface area contributed by atoms with E-state index in [0.717, 1.165) is 29.4 Å². The van der Waals surface area contributed by atoms with Gasteiger partial charge < -0.3 is 10.2 Å². The maximum Gasteiger partial charge on any atom is 0.160 e. The van der Waals surface area contributed by atoms with E-state index in [4.69, 9.17) is 0 Å². The van der Waals surface area contributed by atoms with Crippen LogP contribution in [0.15, 0.2) is 6.07 Å². The first-order valence-corrected chi connectivity index (χ1v) is 7.95. The summed E-state index contributed by atoms with van der Waals surface area (Å²) in [7, 11) is 0. The van der Waals surface area contributed by atoms with Crippen LogP contribution in [-0.4, -0.2) is 45.7 Å². The summed E-state index contributed by atoms with van der Waals surface area (Å²) in [5.41, 5.74) is 4.22. The molecule has 1 saturated heterocycles. The van der Waals surface area contributed by atoms with Gasteiger partial charge in [0.25, 0.3) is 0 Å². The molecule has 1 aliphatic heterocycles. The molecule has 0 radical (unpaired) electrons. The Hall–Kier alpha value is -1.62. The molecule has 1 aliphatic rings. The molecule has 2 aromatic heterocycles. The number of aromatic nitrogens is 3. The van der Waals surface area contributed by atoms with Crippen molar-refractivity contribution < 1.29 is 0 Å². The predicted octanol–water partition coefficient (Wildman–Crippen LogP) is 2.55. The molecule has 0 bridgehead atoms. The Morgan fingerprint density at radius 1 is 1.19 bits per heavy atom. The van der Waals surface area contributed by atoms with Gasteiger partial charge in [-0.25, -0.2) is 4.98 Å². The van der Waals surface area contributed by atoms with Gasteiger partial charge in [0.05, 0.1) is 5.69 Å². The quantitative estimate of drug-likeness (QED) is 0.859. The van der Waals surface area contributed by atoms with Crippen LogP contribution < -0.4 is 5.32 Å². The molecule has 114 valence electrons. The standard InChI is InChI=1S/C16H25N5/c1-12-11-15(17-7-6-10-20-8-4-5-9-20)21-16(18-12)13(2)14(3)19-21/h11,17H,4-10H2,1-3H3. The SMILES string of the molecule is Cc1cc(NCCCN2CCCC2)n2nc(C)c(C)c2n1. The zero-order valence-corrected chi connectivity index (χ0v) is 13.3. The third kappa shape index (κ3) is 3.02. The Morgan fingerprint density at radius 2 is 1.95 bits per heavy atom. The van der Waals surface area contributed by atoms with E-state index in [1.165, 1.54) is 44.5 Å². The number of anilines is 1. The molecule has 0 amide bonds. The van der Waals surface area contributed by atoms with Crippen molar-refractivity contribution in [3.05, 3.63) is 23.0 Å². The van der Waals surface area contributed by atoms with Gasteiger partial charge in [-0.15, -0.1) is 0 Å². The van der Waals surface area contributed by atoms with Crippen molar-refractivity contribution in [2.24, 2.45) is 0 Å². The molecule has 1 N–H and O–H groups in total. The van der Waals surface area contributed by atoms with Crippen LogP contribution in [-0.2, 0) is 0 Å². The number of aryl methyl sites for hydroxylation is 3. The molecular formula is C16H25N5. The van der Waals surface area contributed by atoms with E-state index in [-0.39, 0.29) is 0 Å². The number of nitrogens with zero attached hydrogens (tertiary/aromatic N) is 4. The molecule has 21 heavy (non-hydrogen) atoms. The Morgan fingerprint density at radius 3 is 2.71 bits per heavy atom. The summed E-state index contributed by atoms with van der Waals surface area (Å²) < 4.78 is 1.94. The van der Waals surface area contributed by atoms with Gasteiger partial charge in [-0.3, -0.25) is 0 Å². The Balaban J connectivity index is 1.67. The van der Waals surface area contributed by atoms with Crippen molar-refractivity contribution in [1.29, 1.82) is 0 Å². The van der Waals surface area contributed by atoms with E-state index >= 15 is 0 Å². The lowest BCUT2D eigenvalue weighted by molar-refractivity contribution is 0.337. The summed E-state index contributed by atoms with van der Waals surface area (Å²) in [5, 5.41) is 8.12. The van der Waals surface area contributed by atoms with Gasteiger partial charge in [0.2, 0.25) is 0 Å². The van der Waals surface area contributed by atoms with Crippen molar-refractivity contribution in [3.63, 3.8) is 0 Å². The smallest absolute Gasteiger partial charge is 0.160 e. The Labute approximate surface area is 126 Å². The van der Waals surface area contributed by atoms with E-state index < -0.39 is 0 Å². The van der Waals surface area contributed by atoms with Crippen LogP contribution in [0, 0.1) is 20.8 Å². The molecule has 2 aromatic rings. The van der Waals surface area contributed by atoms with Gasteiger partial charge in [-0.2, -0.15) is 9.61 Å². The first-order chi connectivity index (χ1) is 10.1. The third-order valence-electron chi connectivity index (χ3n) is 4.34. The van der Waals surface area contributed by atoms with Gasteiger partial charge in [-0.05, 0) is 59.7 Å². The lowest BCUT2D eigenvalue weighted by atomic mass is 10.3. The minimum atomic E-state index is 0.967. The van der Waals surface area contributed by atoms with Crippen LogP contribution in [0.4, 0.5) is 5.82 Å². The maximum absolute atomic E-state index is 4.60. The number of nitrogens with one attached hydrogen (secondary N) is 1. The Bertz CT molecular complexity index is 625. The lowest BCUT2D eigenvalue weighted by Crippen LogP contribution is -2.22. The van der Waals surface area contributed by atoms with Crippen molar-refractivity contribution >= 4 is 11.5 Å². The summed E-state index contributed by atoms with van der Waals surface area (Å²) in [6.07, 6.45) is 3.90. The highest BCUT2D eigenvalue weighted by atomic mass is 15.3. The molecule has 1 fully saturated rings. The summed E-state index contributed by atoms with van der Waals surface area (Å²) in [6.45, 7) is 10.9. The topological polar surface area (TPSA) is 45.5 Å². The molecule has 3 rings (SSSR count). The molecule has 0 aromatic carbocycles. The minimum absolute atomic E-state index is 0.967. The van der Waals surface area contributed by atoms with E-state index in [2.05, 4.69) is 33.3 Å². The van der Waals surface area contributed by atoms with Gasteiger partial charge >= 0.3 is 0 Å². The van der Waals surface area contributed by atoms with Gasteiger partial charge in [0, 0.05) is 23.9 Å². The zero-order chi connectivity index (χ0) is 14.8. The second kappa shape index (κ2) is 6.02. The van der Waals surface area contributed by atoms with Crippen molar-refractivity contribution in [2.75, 3.05) is 31.5 Å². The second-order valence-corrected chi connectivity index (χ2v) is 6.06. The summed E-state index contributed by atoms with van der Waals surface area (Å²) in [6, 6.07) is 2.08. The fraction of sp³-hybridized carbons (Fsp3) is 0.625. The molecule has 3 heterocycles. The number of likely N-dealkylation sites (tertiary alicyclic amines) is 1. The minimum Gasteiger partial charge on any atom is -0.370 e. The van der Waals surface area contributed by atoms with E-state index in [9.17, 15) is 0 Å². The number of hydrogen-bond donors (Lipinski definition) is 1. The van der Waals surface area contributed by atoms with Crippen LogP contribution in [0.5, 0.6) is 0 Å². The first kappa shape index (κ1) is 14.3. The summed E-state index contributed by atoms with van der Waals surface area (Å²) >= 11 is 0. The molecule has 5 heteroatoms. The maximum atomic E-state index is 4.60. The molecule has 0 unspecified atom stereocenters. The van der Waals surface area contributed by atoms with Gasteiger partial charge in [0.1, 0.15) is 5.82 Å². The normalized spacial score (nSPS) is 16.0. The zero-order valence-electron chi connectivity index (χ0n) is 13.3. The van der Waals surface area contributed by atoms with Crippen LogP contribution in [0.3, 0.4) is 0 Å². The number of fused-ring (bicyclic) bond motifs is 1. The first-order valence-electron chi connectivity index (χ1n) is 7.95. The molecule has 5 nitrogen and oxygen atoms in total. The second-order valence-electron chi connectivity index (χ2n) is 6.06. The number of hydrogen-bond acceptors (Lipinski definition) is 4.